The first-order chi connectivity index (χ1) is 9.86. The molecule has 0 fully saturated rings. The molecule has 3 heteroatoms. The summed E-state index contributed by atoms with van der Waals surface area (Å²) in [6.45, 7) is 0.550. The SMILES string of the molecule is O=CCc1c[nH]c2cc(OCc3ccccc3)ccc12. The van der Waals surface area contributed by atoms with Crippen LogP contribution in [0.25, 0.3) is 10.9 Å². The summed E-state index contributed by atoms with van der Waals surface area (Å²) < 4.78 is 5.78. The number of rotatable bonds is 5. The molecule has 0 saturated heterocycles. The molecule has 0 saturated carbocycles. The van der Waals surface area contributed by atoms with Gasteiger partial charge in [0.15, 0.2) is 0 Å². The highest BCUT2D eigenvalue weighted by atomic mass is 16.5. The van der Waals surface area contributed by atoms with Gasteiger partial charge in [0, 0.05) is 29.6 Å². The number of carbonyl (C=O) groups is 1. The number of H-pyrrole nitrogens is 1. The Morgan fingerprint density at radius 2 is 1.95 bits per heavy atom. The van der Waals surface area contributed by atoms with Gasteiger partial charge in [-0.15, -0.1) is 0 Å². The number of aldehydes is 1. The minimum absolute atomic E-state index is 0.435. The second kappa shape index (κ2) is 5.61. The van der Waals surface area contributed by atoms with Crippen LogP contribution in [-0.4, -0.2) is 11.3 Å². The first-order valence-electron chi connectivity index (χ1n) is 6.57. The first-order valence-corrected chi connectivity index (χ1v) is 6.57. The Labute approximate surface area is 117 Å². The zero-order valence-corrected chi connectivity index (χ0v) is 11.0. The first kappa shape index (κ1) is 12.5. The van der Waals surface area contributed by atoms with E-state index in [0.29, 0.717) is 13.0 Å². The third-order valence-electron chi connectivity index (χ3n) is 3.29. The van der Waals surface area contributed by atoms with Gasteiger partial charge >= 0.3 is 0 Å². The third kappa shape index (κ3) is 2.57. The van der Waals surface area contributed by atoms with Crippen LogP contribution in [0.5, 0.6) is 5.75 Å². The summed E-state index contributed by atoms with van der Waals surface area (Å²) in [5.41, 5.74) is 3.15. The number of benzene rings is 2. The average Bonchev–Trinajstić information content (AvgIpc) is 2.89. The lowest BCUT2D eigenvalue weighted by Gasteiger charge is -2.06. The minimum Gasteiger partial charge on any atom is -0.489 e. The number of carbonyl (C=O) groups excluding carboxylic acids is 1. The number of aromatic amines is 1. The number of hydrogen-bond acceptors (Lipinski definition) is 2. The van der Waals surface area contributed by atoms with Gasteiger partial charge in [0.1, 0.15) is 18.6 Å². The predicted molar refractivity (Wildman–Crippen MR) is 78.8 cm³/mol. The van der Waals surface area contributed by atoms with Crippen LogP contribution < -0.4 is 4.74 Å². The van der Waals surface area contributed by atoms with Gasteiger partial charge in [0.25, 0.3) is 0 Å². The Hall–Kier alpha value is -2.55. The monoisotopic (exact) mass is 265 g/mol. The number of ether oxygens (including phenoxy) is 1. The maximum absolute atomic E-state index is 10.6. The van der Waals surface area contributed by atoms with E-state index in [1.807, 2.05) is 54.7 Å². The van der Waals surface area contributed by atoms with E-state index in [2.05, 4.69) is 4.98 Å². The van der Waals surface area contributed by atoms with E-state index < -0.39 is 0 Å². The fraction of sp³-hybridized carbons (Fsp3) is 0.118. The summed E-state index contributed by atoms with van der Waals surface area (Å²) in [6.07, 6.45) is 3.23. The van der Waals surface area contributed by atoms with Gasteiger partial charge in [-0.2, -0.15) is 0 Å². The van der Waals surface area contributed by atoms with Crippen molar-refractivity contribution >= 4 is 17.2 Å². The van der Waals surface area contributed by atoms with E-state index in [9.17, 15) is 4.79 Å². The van der Waals surface area contributed by atoms with E-state index >= 15 is 0 Å². The lowest BCUT2D eigenvalue weighted by atomic mass is 10.1. The smallest absolute Gasteiger partial charge is 0.124 e. The molecule has 1 aromatic heterocycles. The highest BCUT2D eigenvalue weighted by Gasteiger charge is 2.04. The molecule has 0 aliphatic carbocycles. The average molecular weight is 265 g/mol. The van der Waals surface area contributed by atoms with Crippen LogP contribution in [0.4, 0.5) is 0 Å². The molecule has 20 heavy (non-hydrogen) atoms. The highest BCUT2D eigenvalue weighted by Crippen LogP contribution is 2.24. The normalized spacial score (nSPS) is 10.6. The lowest BCUT2D eigenvalue weighted by Crippen LogP contribution is -1.94. The van der Waals surface area contributed by atoms with Crippen molar-refractivity contribution < 1.29 is 9.53 Å². The molecule has 0 aliphatic rings. The molecule has 0 bridgehead atoms. The summed E-state index contributed by atoms with van der Waals surface area (Å²) in [4.78, 5) is 13.8. The van der Waals surface area contributed by atoms with E-state index in [0.717, 1.165) is 34.1 Å². The molecule has 0 unspecified atom stereocenters. The van der Waals surface area contributed by atoms with Crippen molar-refractivity contribution in [1.29, 1.82) is 0 Å². The Balaban J connectivity index is 1.78. The summed E-state index contributed by atoms with van der Waals surface area (Å²) >= 11 is 0. The Morgan fingerprint density at radius 3 is 2.75 bits per heavy atom. The molecule has 100 valence electrons. The Bertz CT molecular complexity index is 716. The van der Waals surface area contributed by atoms with Gasteiger partial charge in [-0.3, -0.25) is 0 Å². The molecule has 3 rings (SSSR count). The second-order valence-corrected chi connectivity index (χ2v) is 4.67. The second-order valence-electron chi connectivity index (χ2n) is 4.67. The molecule has 0 amide bonds. The number of aromatic nitrogens is 1. The van der Waals surface area contributed by atoms with Crippen molar-refractivity contribution in [2.75, 3.05) is 0 Å². The van der Waals surface area contributed by atoms with Crippen molar-refractivity contribution in [2.24, 2.45) is 0 Å². The van der Waals surface area contributed by atoms with Gasteiger partial charge in [-0.05, 0) is 23.3 Å². The molecule has 0 radical (unpaired) electrons. The number of fused-ring (bicyclic) bond motifs is 1. The van der Waals surface area contributed by atoms with Crippen LogP contribution in [-0.2, 0) is 17.8 Å². The quantitative estimate of drug-likeness (QED) is 0.717. The van der Waals surface area contributed by atoms with Crippen molar-refractivity contribution in [3.8, 4) is 5.75 Å². The summed E-state index contributed by atoms with van der Waals surface area (Å²) in [5.74, 6) is 0.820. The van der Waals surface area contributed by atoms with Crippen molar-refractivity contribution in [3.05, 3.63) is 65.9 Å². The summed E-state index contributed by atoms with van der Waals surface area (Å²) in [5, 5.41) is 1.07. The van der Waals surface area contributed by atoms with Crippen LogP contribution >= 0.6 is 0 Å². The van der Waals surface area contributed by atoms with E-state index in [1.54, 1.807) is 0 Å². The topological polar surface area (TPSA) is 42.1 Å². The molecule has 0 aliphatic heterocycles. The molecule has 1 N–H and O–H groups in total. The maximum Gasteiger partial charge on any atom is 0.124 e. The summed E-state index contributed by atoms with van der Waals surface area (Å²) in [6, 6.07) is 16.0. The number of hydrogen-bond donors (Lipinski definition) is 1. The molecule has 3 aromatic rings. The van der Waals surface area contributed by atoms with E-state index in [4.69, 9.17) is 4.74 Å². The zero-order valence-electron chi connectivity index (χ0n) is 11.0. The van der Waals surface area contributed by atoms with Crippen LogP contribution in [0.1, 0.15) is 11.1 Å². The lowest BCUT2D eigenvalue weighted by molar-refractivity contribution is -0.107. The Kier molecular flexibility index (Phi) is 3.50. The van der Waals surface area contributed by atoms with Crippen LogP contribution in [0, 0.1) is 0 Å². The Morgan fingerprint density at radius 1 is 1.10 bits per heavy atom. The van der Waals surface area contributed by atoms with Crippen LogP contribution in [0.3, 0.4) is 0 Å². The summed E-state index contributed by atoms with van der Waals surface area (Å²) in [7, 11) is 0. The van der Waals surface area contributed by atoms with Gasteiger partial charge in [-0.25, -0.2) is 0 Å². The van der Waals surface area contributed by atoms with Gasteiger partial charge < -0.3 is 14.5 Å². The van der Waals surface area contributed by atoms with Gasteiger partial charge in [-0.1, -0.05) is 30.3 Å². The molecular weight excluding hydrogens is 250 g/mol. The molecule has 1 heterocycles. The van der Waals surface area contributed by atoms with Crippen LogP contribution in [0.15, 0.2) is 54.7 Å². The zero-order chi connectivity index (χ0) is 13.8. The fourth-order valence-electron chi connectivity index (χ4n) is 2.25. The van der Waals surface area contributed by atoms with Crippen LogP contribution in [0.2, 0.25) is 0 Å². The standard InChI is InChI=1S/C17H15NO2/c19-9-8-14-11-18-17-10-15(6-7-16(14)17)20-12-13-4-2-1-3-5-13/h1-7,9-11,18H,8,12H2. The highest BCUT2D eigenvalue weighted by molar-refractivity contribution is 5.86. The van der Waals surface area contributed by atoms with E-state index in [-0.39, 0.29) is 0 Å². The minimum atomic E-state index is 0.435. The molecular formula is C17H15NO2. The fourth-order valence-corrected chi connectivity index (χ4v) is 2.25. The largest absolute Gasteiger partial charge is 0.489 e. The van der Waals surface area contributed by atoms with E-state index in [1.165, 1.54) is 0 Å². The molecule has 3 nitrogen and oxygen atoms in total. The predicted octanol–water partition coefficient (Wildman–Crippen LogP) is 3.49. The van der Waals surface area contributed by atoms with Gasteiger partial charge in [0.2, 0.25) is 0 Å². The van der Waals surface area contributed by atoms with Crippen molar-refractivity contribution in [3.63, 3.8) is 0 Å². The maximum atomic E-state index is 10.6. The number of nitrogens with one attached hydrogen (secondary N) is 1. The third-order valence-corrected chi connectivity index (χ3v) is 3.29. The van der Waals surface area contributed by atoms with Gasteiger partial charge in [0.05, 0.1) is 0 Å². The molecule has 2 aromatic carbocycles. The van der Waals surface area contributed by atoms with Crippen molar-refractivity contribution in [1.82, 2.24) is 4.98 Å². The molecule has 0 atom stereocenters. The van der Waals surface area contributed by atoms with Crippen molar-refractivity contribution in [2.45, 2.75) is 13.0 Å². The molecule has 0 spiro atoms.